The molecule has 0 saturated carbocycles. The van der Waals surface area contributed by atoms with Gasteiger partial charge in [0.25, 0.3) is 5.88 Å². The molecule has 1 aliphatic rings. The molecule has 0 saturated heterocycles. The average molecular weight is 378 g/mol. The number of anilines is 1. The van der Waals surface area contributed by atoms with Gasteiger partial charge in [-0.25, -0.2) is 20.8 Å². The Balaban J connectivity index is 1.53. The number of hydrogen-bond donors (Lipinski definition) is 1. The zero-order chi connectivity index (χ0) is 19.5. The van der Waals surface area contributed by atoms with Gasteiger partial charge in [0.15, 0.2) is 5.75 Å². The van der Waals surface area contributed by atoms with Crippen LogP contribution in [0.2, 0.25) is 0 Å². The van der Waals surface area contributed by atoms with Crippen LogP contribution in [0.15, 0.2) is 43.0 Å². The van der Waals surface area contributed by atoms with Gasteiger partial charge in [-0.1, -0.05) is 6.92 Å². The van der Waals surface area contributed by atoms with Crippen LogP contribution < -0.4 is 20.3 Å². The number of rotatable bonds is 5. The van der Waals surface area contributed by atoms with E-state index in [-0.39, 0.29) is 5.92 Å². The second-order valence-corrected chi connectivity index (χ2v) is 6.73. The molecular formula is C20H22N6O2. The number of nitrogens with zero attached hydrogens (tertiary/aromatic N) is 5. The summed E-state index contributed by atoms with van der Waals surface area (Å²) in [6.45, 7) is 5.61. The standard InChI is InChI=1S/C20H22N6O2/c1-13(16-5-6-22-20-19(16)27-7-8-28-20)11-26(21)18-9-17(24-12-25-18)15-4-3-14(2)23-10-15/h3-6,9-10,12-13H,7-8,11,21H2,1-2H3. The maximum atomic E-state index is 6.32. The minimum Gasteiger partial charge on any atom is -0.484 e. The maximum absolute atomic E-state index is 6.32. The largest absolute Gasteiger partial charge is 0.484 e. The van der Waals surface area contributed by atoms with Crippen LogP contribution in [0.3, 0.4) is 0 Å². The summed E-state index contributed by atoms with van der Waals surface area (Å²) in [6, 6.07) is 7.74. The molecule has 1 aliphatic heterocycles. The number of pyridine rings is 2. The van der Waals surface area contributed by atoms with Gasteiger partial charge in [0.1, 0.15) is 25.4 Å². The third-order valence-electron chi connectivity index (χ3n) is 4.63. The van der Waals surface area contributed by atoms with Crippen molar-refractivity contribution in [2.45, 2.75) is 19.8 Å². The minimum atomic E-state index is 0.0860. The smallest absolute Gasteiger partial charge is 0.257 e. The first kappa shape index (κ1) is 18.1. The number of ether oxygens (including phenoxy) is 2. The van der Waals surface area contributed by atoms with E-state index in [2.05, 4.69) is 26.9 Å². The summed E-state index contributed by atoms with van der Waals surface area (Å²) >= 11 is 0. The van der Waals surface area contributed by atoms with Crippen LogP contribution >= 0.6 is 0 Å². The van der Waals surface area contributed by atoms with Gasteiger partial charge in [-0.3, -0.25) is 9.99 Å². The molecule has 4 rings (SSSR count). The van der Waals surface area contributed by atoms with Gasteiger partial charge in [0.05, 0.1) is 5.69 Å². The fourth-order valence-electron chi connectivity index (χ4n) is 3.13. The number of hydrazine groups is 1. The molecule has 0 radical (unpaired) electrons. The minimum absolute atomic E-state index is 0.0860. The lowest BCUT2D eigenvalue weighted by Crippen LogP contribution is -2.35. The molecule has 1 unspecified atom stereocenters. The molecule has 8 heteroatoms. The SMILES string of the molecule is Cc1ccc(-c2cc(N(N)CC(C)c3ccnc4c3OCCO4)ncn2)cn1. The molecule has 4 heterocycles. The molecule has 0 aromatic carbocycles. The molecule has 3 aromatic rings. The molecule has 0 aliphatic carbocycles. The summed E-state index contributed by atoms with van der Waals surface area (Å²) in [5, 5.41) is 1.62. The number of nitrogens with two attached hydrogens (primary N) is 1. The Kier molecular flexibility index (Phi) is 5.03. The molecule has 0 bridgehead atoms. The van der Waals surface area contributed by atoms with Crippen LogP contribution in [0.5, 0.6) is 11.6 Å². The molecule has 144 valence electrons. The predicted octanol–water partition coefficient (Wildman–Crippen LogP) is 2.50. The van der Waals surface area contributed by atoms with Crippen LogP contribution in [0, 0.1) is 6.92 Å². The molecule has 3 aromatic heterocycles. The summed E-state index contributed by atoms with van der Waals surface area (Å²) in [5.41, 5.74) is 3.67. The summed E-state index contributed by atoms with van der Waals surface area (Å²) in [4.78, 5) is 17.2. The molecule has 2 N–H and O–H groups in total. The van der Waals surface area contributed by atoms with Gasteiger partial charge in [-0.2, -0.15) is 0 Å². The highest BCUT2D eigenvalue weighted by molar-refractivity contribution is 5.61. The Morgan fingerprint density at radius 1 is 1.11 bits per heavy atom. The fourth-order valence-corrected chi connectivity index (χ4v) is 3.13. The Bertz CT molecular complexity index is 963. The van der Waals surface area contributed by atoms with Crippen molar-refractivity contribution in [3.05, 3.63) is 54.2 Å². The first-order valence-electron chi connectivity index (χ1n) is 9.13. The van der Waals surface area contributed by atoms with Crippen LogP contribution in [-0.2, 0) is 0 Å². The molecule has 8 nitrogen and oxygen atoms in total. The molecule has 0 amide bonds. The number of hydrogen-bond acceptors (Lipinski definition) is 8. The topological polar surface area (TPSA) is 99.3 Å². The first-order chi connectivity index (χ1) is 13.6. The van der Waals surface area contributed by atoms with Gasteiger partial charge in [0, 0.05) is 47.7 Å². The van der Waals surface area contributed by atoms with E-state index in [1.54, 1.807) is 17.4 Å². The third-order valence-corrected chi connectivity index (χ3v) is 4.63. The molecule has 0 fully saturated rings. The zero-order valence-electron chi connectivity index (χ0n) is 15.9. The van der Waals surface area contributed by atoms with Crippen molar-refractivity contribution in [3.8, 4) is 22.9 Å². The highest BCUT2D eigenvalue weighted by atomic mass is 16.6. The second-order valence-electron chi connectivity index (χ2n) is 6.73. The third kappa shape index (κ3) is 3.72. The summed E-state index contributed by atoms with van der Waals surface area (Å²) in [7, 11) is 0. The van der Waals surface area contributed by atoms with Crippen molar-refractivity contribution in [1.82, 2.24) is 19.9 Å². The number of fused-ring (bicyclic) bond motifs is 1. The highest BCUT2D eigenvalue weighted by Gasteiger charge is 2.22. The van der Waals surface area contributed by atoms with E-state index >= 15 is 0 Å². The van der Waals surface area contributed by atoms with E-state index in [9.17, 15) is 0 Å². The van der Waals surface area contributed by atoms with Gasteiger partial charge in [0.2, 0.25) is 0 Å². The number of aromatic nitrogens is 4. The Morgan fingerprint density at radius 2 is 1.96 bits per heavy atom. The van der Waals surface area contributed by atoms with Crippen LogP contribution in [-0.4, -0.2) is 39.7 Å². The van der Waals surface area contributed by atoms with E-state index in [0.29, 0.717) is 37.2 Å². The van der Waals surface area contributed by atoms with Crippen LogP contribution in [0.25, 0.3) is 11.3 Å². The van der Waals surface area contributed by atoms with Crippen molar-refractivity contribution >= 4 is 5.82 Å². The summed E-state index contributed by atoms with van der Waals surface area (Å²) in [5.74, 6) is 8.28. The second kappa shape index (κ2) is 7.77. The average Bonchev–Trinajstić information content (AvgIpc) is 2.74. The highest BCUT2D eigenvalue weighted by Crippen LogP contribution is 2.36. The van der Waals surface area contributed by atoms with Crippen molar-refractivity contribution in [2.24, 2.45) is 5.84 Å². The van der Waals surface area contributed by atoms with Crippen LogP contribution in [0.4, 0.5) is 5.82 Å². The van der Waals surface area contributed by atoms with E-state index in [1.807, 2.05) is 31.2 Å². The molecule has 28 heavy (non-hydrogen) atoms. The molecule has 0 spiro atoms. The summed E-state index contributed by atoms with van der Waals surface area (Å²) < 4.78 is 11.3. The van der Waals surface area contributed by atoms with E-state index < -0.39 is 0 Å². The lowest BCUT2D eigenvalue weighted by molar-refractivity contribution is 0.162. The van der Waals surface area contributed by atoms with Crippen molar-refractivity contribution < 1.29 is 9.47 Å². The zero-order valence-corrected chi connectivity index (χ0v) is 15.9. The predicted molar refractivity (Wildman–Crippen MR) is 105 cm³/mol. The van der Waals surface area contributed by atoms with E-state index in [1.165, 1.54) is 6.33 Å². The van der Waals surface area contributed by atoms with Gasteiger partial charge in [-0.15, -0.1) is 0 Å². The van der Waals surface area contributed by atoms with E-state index in [0.717, 1.165) is 22.5 Å². The quantitative estimate of drug-likeness (QED) is 0.534. The van der Waals surface area contributed by atoms with E-state index in [4.69, 9.17) is 15.3 Å². The molecular weight excluding hydrogens is 356 g/mol. The molecule has 1 atom stereocenters. The maximum Gasteiger partial charge on any atom is 0.257 e. The Morgan fingerprint density at radius 3 is 2.79 bits per heavy atom. The fraction of sp³-hybridized carbons (Fsp3) is 0.300. The Hall–Kier alpha value is -3.26. The van der Waals surface area contributed by atoms with Gasteiger partial charge in [-0.05, 0) is 25.1 Å². The van der Waals surface area contributed by atoms with Crippen molar-refractivity contribution in [1.29, 1.82) is 0 Å². The lowest BCUT2D eigenvalue weighted by atomic mass is 10.0. The Labute approximate surface area is 163 Å². The van der Waals surface area contributed by atoms with Crippen molar-refractivity contribution in [3.63, 3.8) is 0 Å². The van der Waals surface area contributed by atoms with Crippen molar-refractivity contribution in [2.75, 3.05) is 24.8 Å². The van der Waals surface area contributed by atoms with Crippen LogP contribution in [0.1, 0.15) is 24.1 Å². The normalized spacial score (nSPS) is 13.8. The number of aryl methyl sites for hydroxylation is 1. The lowest BCUT2D eigenvalue weighted by Gasteiger charge is -2.26. The monoisotopic (exact) mass is 378 g/mol. The summed E-state index contributed by atoms with van der Waals surface area (Å²) in [6.07, 6.45) is 5.04. The van der Waals surface area contributed by atoms with Gasteiger partial charge >= 0.3 is 0 Å². The van der Waals surface area contributed by atoms with Gasteiger partial charge < -0.3 is 9.47 Å². The first-order valence-corrected chi connectivity index (χ1v) is 9.13.